The number of anilines is 2. The first-order valence-corrected chi connectivity index (χ1v) is 19.4. The van der Waals surface area contributed by atoms with Crippen molar-refractivity contribution in [2.45, 2.75) is 130 Å². The first kappa shape index (κ1) is 41.6. The molecule has 0 heterocycles. The lowest BCUT2D eigenvalue weighted by Crippen LogP contribution is -2.25. The lowest BCUT2D eigenvalue weighted by Gasteiger charge is -2.25. The highest BCUT2D eigenvalue weighted by molar-refractivity contribution is 5.53. The molecule has 0 aliphatic heterocycles. The summed E-state index contributed by atoms with van der Waals surface area (Å²) in [5, 5.41) is 0. The van der Waals surface area contributed by atoms with Crippen molar-refractivity contribution in [1.82, 2.24) is 0 Å². The fourth-order valence-corrected chi connectivity index (χ4v) is 5.63. The maximum Gasteiger partial charge on any atom is 0.0367 e. The molecule has 0 amide bonds. The largest absolute Gasteiger partial charge is 0.372 e. The van der Waals surface area contributed by atoms with Gasteiger partial charge in [0.05, 0.1) is 0 Å². The summed E-state index contributed by atoms with van der Waals surface area (Å²) in [4.78, 5) is 5.07. The number of benzene rings is 2. The van der Waals surface area contributed by atoms with Crippen molar-refractivity contribution in [3.63, 3.8) is 0 Å². The molecule has 2 nitrogen and oxygen atoms in total. The maximum absolute atomic E-state index is 3.12. The van der Waals surface area contributed by atoms with Crippen LogP contribution in [0.2, 0.25) is 0 Å². The van der Waals surface area contributed by atoms with E-state index in [0.29, 0.717) is 0 Å². The highest BCUT2D eigenvalue weighted by Gasteiger charge is 2.07. The molecule has 0 atom stereocenters. The van der Waals surface area contributed by atoms with Crippen LogP contribution >= 0.6 is 0 Å². The Morgan fingerprint density at radius 2 is 0.580 bits per heavy atom. The van der Waals surface area contributed by atoms with E-state index in [9.17, 15) is 0 Å². The van der Waals surface area contributed by atoms with Crippen molar-refractivity contribution >= 4 is 11.4 Å². The van der Waals surface area contributed by atoms with E-state index >= 15 is 0 Å². The van der Waals surface area contributed by atoms with E-state index in [0.717, 1.165) is 37.3 Å². The van der Waals surface area contributed by atoms with Crippen LogP contribution in [0, 0.1) is 71.0 Å². The highest BCUT2D eigenvalue weighted by Crippen LogP contribution is 2.19. The quantitative estimate of drug-likeness (QED) is 0.0913. The third kappa shape index (κ3) is 20.0. The number of nitrogens with zero attached hydrogens (tertiary/aromatic N) is 2. The second-order valence-electron chi connectivity index (χ2n) is 12.8. The third-order valence-electron chi connectivity index (χ3n) is 8.57. The Morgan fingerprint density at radius 1 is 0.320 bits per heavy atom. The smallest absolute Gasteiger partial charge is 0.0367 e. The molecule has 0 spiro atoms. The van der Waals surface area contributed by atoms with Gasteiger partial charge >= 0.3 is 0 Å². The van der Waals surface area contributed by atoms with Gasteiger partial charge in [0.25, 0.3) is 0 Å². The minimum absolute atomic E-state index is 0.956. The minimum atomic E-state index is 0.956. The van der Waals surface area contributed by atoms with Crippen molar-refractivity contribution < 1.29 is 0 Å². The van der Waals surface area contributed by atoms with Gasteiger partial charge < -0.3 is 9.80 Å². The summed E-state index contributed by atoms with van der Waals surface area (Å²) >= 11 is 0. The van der Waals surface area contributed by atoms with Crippen LogP contribution in [0.5, 0.6) is 0 Å². The first-order valence-electron chi connectivity index (χ1n) is 19.4. The topological polar surface area (TPSA) is 6.48 Å². The maximum atomic E-state index is 3.12. The molecule has 0 aromatic heterocycles. The molecule has 2 rings (SSSR count). The van der Waals surface area contributed by atoms with E-state index in [1.807, 2.05) is 0 Å². The van der Waals surface area contributed by atoms with Crippen LogP contribution < -0.4 is 9.80 Å². The molecule has 0 unspecified atom stereocenters. The van der Waals surface area contributed by atoms with E-state index in [1.54, 1.807) is 0 Å². The molecular formula is C48H60N2. The van der Waals surface area contributed by atoms with E-state index in [1.165, 1.54) is 114 Å². The Balaban J connectivity index is 1.86. The third-order valence-corrected chi connectivity index (χ3v) is 8.57. The van der Waals surface area contributed by atoms with Crippen LogP contribution in [0.4, 0.5) is 11.4 Å². The van der Waals surface area contributed by atoms with Gasteiger partial charge in [0.15, 0.2) is 0 Å². The second kappa shape index (κ2) is 29.3. The summed E-state index contributed by atoms with van der Waals surface area (Å²) in [7, 11) is 0. The Hall–Kier alpha value is -4.60. The fraction of sp³-hybridized carbons (Fsp3) is 0.500. The zero-order chi connectivity index (χ0) is 35.7. The van der Waals surface area contributed by atoms with Crippen LogP contribution in [-0.4, -0.2) is 26.2 Å². The van der Waals surface area contributed by atoms with E-state index < -0.39 is 0 Å². The van der Waals surface area contributed by atoms with Crippen molar-refractivity contribution in [3.8, 4) is 71.0 Å². The molecule has 50 heavy (non-hydrogen) atoms. The molecule has 2 aromatic carbocycles. The van der Waals surface area contributed by atoms with Gasteiger partial charge in [0.2, 0.25) is 0 Å². The fourth-order valence-electron chi connectivity index (χ4n) is 5.63. The van der Waals surface area contributed by atoms with Gasteiger partial charge in [0.1, 0.15) is 0 Å². The van der Waals surface area contributed by atoms with Crippen molar-refractivity contribution in [2.24, 2.45) is 0 Å². The van der Waals surface area contributed by atoms with Crippen LogP contribution in [0.25, 0.3) is 0 Å². The van der Waals surface area contributed by atoms with Crippen molar-refractivity contribution in [2.75, 3.05) is 36.0 Å². The van der Waals surface area contributed by atoms with Gasteiger partial charge in [-0.3, -0.25) is 0 Å². The predicted octanol–water partition coefficient (Wildman–Crippen LogP) is 11.0. The lowest BCUT2D eigenvalue weighted by atomic mass is 10.1. The SMILES string of the molecule is CCCCCCN(CCCCCC)c1ccc(C#CC#CC#CC#CC#CC#Cc2ccc(N(CCCCCC)CCCCCC)cc2)cc1. The Bertz CT molecular complexity index is 1430. The minimum Gasteiger partial charge on any atom is -0.372 e. The molecule has 0 radical (unpaired) electrons. The van der Waals surface area contributed by atoms with Gasteiger partial charge in [-0.05, 0) is 133 Å². The van der Waals surface area contributed by atoms with Gasteiger partial charge in [-0.15, -0.1) is 0 Å². The zero-order valence-corrected chi connectivity index (χ0v) is 31.7. The molecule has 0 saturated heterocycles. The molecule has 0 aliphatic rings. The van der Waals surface area contributed by atoms with Crippen molar-refractivity contribution in [1.29, 1.82) is 0 Å². The summed E-state index contributed by atoms with van der Waals surface area (Å²) in [6, 6.07) is 17.1. The monoisotopic (exact) mass is 664 g/mol. The first-order chi connectivity index (χ1) is 24.7. The van der Waals surface area contributed by atoms with Gasteiger partial charge in [-0.1, -0.05) is 117 Å². The van der Waals surface area contributed by atoms with E-state index in [4.69, 9.17) is 0 Å². The van der Waals surface area contributed by atoms with Crippen LogP contribution in [0.1, 0.15) is 142 Å². The Labute approximate surface area is 307 Å². The Morgan fingerprint density at radius 3 is 0.840 bits per heavy atom. The number of rotatable bonds is 22. The zero-order valence-electron chi connectivity index (χ0n) is 31.7. The van der Waals surface area contributed by atoms with Gasteiger partial charge in [-0.25, -0.2) is 0 Å². The summed E-state index contributed by atoms with van der Waals surface area (Å²) in [5.41, 5.74) is 4.48. The molecule has 0 saturated carbocycles. The summed E-state index contributed by atoms with van der Waals surface area (Å²) in [5.74, 6) is 34.0. The molecule has 0 fully saturated rings. The molecule has 2 heteroatoms. The van der Waals surface area contributed by atoms with Crippen molar-refractivity contribution in [3.05, 3.63) is 59.7 Å². The number of hydrogen-bond donors (Lipinski definition) is 0. The molecule has 2 aromatic rings. The van der Waals surface area contributed by atoms with E-state index in [2.05, 4.69) is 157 Å². The van der Waals surface area contributed by atoms with E-state index in [-0.39, 0.29) is 0 Å². The average Bonchev–Trinajstić information content (AvgIpc) is 3.14. The molecule has 0 N–H and O–H groups in total. The van der Waals surface area contributed by atoms with Gasteiger partial charge in [0, 0.05) is 48.7 Å². The summed E-state index contributed by atoms with van der Waals surface area (Å²) in [6.07, 6.45) is 20.5. The molecule has 262 valence electrons. The average molecular weight is 665 g/mol. The molecule has 0 bridgehead atoms. The molecular weight excluding hydrogens is 605 g/mol. The highest BCUT2D eigenvalue weighted by atomic mass is 15.1. The Kier molecular flexibility index (Phi) is 24.4. The predicted molar refractivity (Wildman–Crippen MR) is 219 cm³/mol. The lowest BCUT2D eigenvalue weighted by molar-refractivity contribution is 0.609. The van der Waals surface area contributed by atoms with Crippen LogP contribution in [0.3, 0.4) is 0 Å². The van der Waals surface area contributed by atoms with Crippen LogP contribution in [-0.2, 0) is 0 Å². The number of hydrogen-bond acceptors (Lipinski definition) is 2. The standard InChI is InChI=1S/C48H60N2/c1-5-9-13-27-41-49(42-28-14-10-6-2)47-37-33-45(34-38-47)31-25-23-21-19-17-18-20-22-24-26-32-46-35-39-48(40-36-46)50(43-29-15-11-7-3)44-30-16-12-8-4/h33-40H,5-16,27-30,41-44H2,1-4H3. The summed E-state index contributed by atoms with van der Waals surface area (Å²) in [6.45, 7) is 13.5. The number of unbranched alkanes of at least 4 members (excludes halogenated alkanes) is 12. The normalized spacial score (nSPS) is 9.44. The van der Waals surface area contributed by atoms with Gasteiger partial charge in [-0.2, -0.15) is 0 Å². The van der Waals surface area contributed by atoms with Crippen LogP contribution in [0.15, 0.2) is 48.5 Å². The second-order valence-corrected chi connectivity index (χ2v) is 12.8. The summed E-state index contributed by atoms with van der Waals surface area (Å²) < 4.78 is 0. The molecule has 0 aliphatic carbocycles.